The molecule has 20 heavy (non-hydrogen) atoms. The average Bonchev–Trinajstić information content (AvgIpc) is 2.72. The molecular weight excluding hydrogens is 252 g/mol. The smallest absolute Gasteiger partial charge is 0.241 e. The van der Waals surface area contributed by atoms with E-state index >= 15 is 0 Å². The van der Waals surface area contributed by atoms with Gasteiger partial charge in [0.15, 0.2) is 0 Å². The minimum Gasteiger partial charge on any atom is -0.395 e. The van der Waals surface area contributed by atoms with Gasteiger partial charge in [-0.3, -0.25) is 9.69 Å². The summed E-state index contributed by atoms with van der Waals surface area (Å²) in [6.45, 7) is 2.93. The lowest BCUT2D eigenvalue weighted by atomic mass is 10.1. The number of aliphatic hydroxyl groups excluding tert-OH is 1. The van der Waals surface area contributed by atoms with Crippen LogP contribution in [0.4, 0.5) is 5.69 Å². The molecule has 1 fully saturated rings. The van der Waals surface area contributed by atoms with Crippen molar-refractivity contribution in [2.75, 3.05) is 18.5 Å². The quantitative estimate of drug-likeness (QED) is 0.887. The first-order chi connectivity index (χ1) is 9.72. The molecule has 1 aromatic carbocycles. The van der Waals surface area contributed by atoms with Crippen LogP contribution in [0, 0.1) is 0 Å². The second-order valence-corrected chi connectivity index (χ2v) is 5.45. The fourth-order valence-electron chi connectivity index (χ4n) is 2.82. The Labute approximate surface area is 120 Å². The molecule has 1 aliphatic rings. The lowest BCUT2D eigenvalue weighted by molar-refractivity contribution is -0.122. The number of likely N-dealkylation sites (tertiary alicyclic amines) is 1. The number of aliphatic hydroxyl groups is 1. The SMILES string of the molecule is CC(C(=O)Nc1ccccc1)N1CCCCCC1CO. The van der Waals surface area contributed by atoms with Crippen LogP contribution in [0.15, 0.2) is 30.3 Å². The van der Waals surface area contributed by atoms with Gasteiger partial charge < -0.3 is 10.4 Å². The summed E-state index contributed by atoms with van der Waals surface area (Å²) in [7, 11) is 0. The van der Waals surface area contributed by atoms with Gasteiger partial charge in [-0.2, -0.15) is 0 Å². The summed E-state index contributed by atoms with van der Waals surface area (Å²) < 4.78 is 0. The van der Waals surface area contributed by atoms with E-state index in [9.17, 15) is 9.90 Å². The van der Waals surface area contributed by atoms with Crippen LogP contribution in [0.3, 0.4) is 0 Å². The van der Waals surface area contributed by atoms with Crippen molar-refractivity contribution in [2.45, 2.75) is 44.7 Å². The van der Waals surface area contributed by atoms with E-state index in [0.717, 1.165) is 31.5 Å². The number of benzene rings is 1. The summed E-state index contributed by atoms with van der Waals surface area (Å²) in [5.74, 6) is -0.00319. The first-order valence-electron chi connectivity index (χ1n) is 7.45. The Morgan fingerprint density at radius 2 is 2.10 bits per heavy atom. The van der Waals surface area contributed by atoms with Gasteiger partial charge in [-0.25, -0.2) is 0 Å². The number of para-hydroxylation sites is 1. The monoisotopic (exact) mass is 276 g/mol. The third-order valence-electron chi connectivity index (χ3n) is 4.05. The highest BCUT2D eigenvalue weighted by Gasteiger charge is 2.28. The van der Waals surface area contributed by atoms with Crippen LogP contribution in [0.1, 0.15) is 32.6 Å². The summed E-state index contributed by atoms with van der Waals surface area (Å²) in [5, 5.41) is 12.5. The van der Waals surface area contributed by atoms with Crippen LogP contribution in [0.25, 0.3) is 0 Å². The first kappa shape index (κ1) is 15.0. The molecule has 0 aromatic heterocycles. The summed E-state index contributed by atoms with van der Waals surface area (Å²) in [4.78, 5) is 14.5. The molecular formula is C16H24N2O2. The number of carbonyl (C=O) groups excluding carboxylic acids is 1. The van der Waals surface area contributed by atoms with E-state index in [2.05, 4.69) is 10.2 Å². The third kappa shape index (κ3) is 3.81. The summed E-state index contributed by atoms with van der Waals surface area (Å²) in [6, 6.07) is 9.40. The minimum absolute atomic E-state index is 0.00319. The molecule has 0 saturated carbocycles. The van der Waals surface area contributed by atoms with Gasteiger partial charge in [0.1, 0.15) is 0 Å². The van der Waals surface area contributed by atoms with Crippen molar-refractivity contribution in [3.8, 4) is 0 Å². The molecule has 4 nitrogen and oxygen atoms in total. The lowest BCUT2D eigenvalue weighted by Gasteiger charge is -2.33. The van der Waals surface area contributed by atoms with E-state index in [1.165, 1.54) is 6.42 Å². The van der Waals surface area contributed by atoms with Crippen LogP contribution in [-0.4, -0.2) is 41.1 Å². The highest BCUT2D eigenvalue weighted by molar-refractivity contribution is 5.94. The van der Waals surface area contributed by atoms with Gasteiger partial charge in [0, 0.05) is 11.7 Å². The Morgan fingerprint density at radius 1 is 1.35 bits per heavy atom. The minimum atomic E-state index is -0.217. The third-order valence-corrected chi connectivity index (χ3v) is 4.05. The number of nitrogens with one attached hydrogen (secondary N) is 1. The number of carbonyl (C=O) groups is 1. The van der Waals surface area contributed by atoms with E-state index < -0.39 is 0 Å². The van der Waals surface area contributed by atoms with Crippen molar-refractivity contribution in [3.63, 3.8) is 0 Å². The van der Waals surface area contributed by atoms with E-state index in [1.807, 2.05) is 37.3 Å². The Bertz CT molecular complexity index is 422. The van der Waals surface area contributed by atoms with Crippen molar-refractivity contribution in [3.05, 3.63) is 30.3 Å². The van der Waals surface area contributed by atoms with Gasteiger partial charge in [0.25, 0.3) is 0 Å². The summed E-state index contributed by atoms with van der Waals surface area (Å²) in [6.07, 6.45) is 4.38. The molecule has 1 aliphatic heterocycles. The summed E-state index contributed by atoms with van der Waals surface area (Å²) >= 11 is 0. The van der Waals surface area contributed by atoms with Gasteiger partial charge in [-0.15, -0.1) is 0 Å². The molecule has 110 valence electrons. The van der Waals surface area contributed by atoms with Crippen molar-refractivity contribution in [2.24, 2.45) is 0 Å². The summed E-state index contributed by atoms with van der Waals surface area (Å²) in [5.41, 5.74) is 0.819. The number of hydrogen-bond acceptors (Lipinski definition) is 3. The maximum Gasteiger partial charge on any atom is 0.241 e. The predicted molar refractivity (Wildman–Crippen MR) is 80.6 cm³/mol. The number of nitrogens with zero attached hydrogens (tertiary/aromatic N) is 1. The molecule has 4 heteroatoms. The zero-order valence-corrected chi connectivity index (χ0v) is 12.1. The fraction of sp³-hybridized carbons (Fsp3) is 0.562. The molecule has 1 amide bonds. The van der Waals surface area contributed by atoms with E-state index in [1.54, 1.807) is 0 Å². The van der Waals surface area contributed by atoms with Gasteiger partial charge >= 0.3 is 0 Å². The Kier molecular flexibility index (Phi) is 5.56. The first-order valence-corrected chi connectivity index (χ1v) is 7.45. The van der Waals surface area contributed by atoms with Crippen molar-refractivity contribution in [1.29, 1.82) is 0 Å². The highest BCUT2D eigenvalue weighted by Crippen LogP contribution is 2.19. The molecule has 1 saturated heterocycles. The highest BCUT2D eigenvalue weighted by atomic mass is 16.3. The number of amides is 1. The number of hydrogen-bond donors (Lipinski definition) is 2. The molecule has 1 heterocycles. The number of rotatable bonds is 4. The maximum atomic E-state index is 12.4. The predicted octanol–water partition coefficient (Wildman–Crippen LogP) is 2.25. The molecule has 2 atom stereocenters. The molecule has 0 bridgehead atoms. The second-order valence-electron chi connectivity index (χ2n) is 5.45. The van der Waals surface area contributed by atoms with Crippen LogP contribution in [0.2, 0.25) is 0 Å². The second kappa shape index (κ2) is 7.41. The van der Waals surface area contributed by atoms with Gasteiger partial charge in [0.05, 0.1) is 12.6 Å². The molecule has 2 N–H and O–H groups in total. The fourth-order valence-corrected chi connectivity index (χ4v) is 2.82. The molecule has 0 radical (unpaired) electrons. The van der Waals surface area contributed by atoms with Crippen molar-refractivity contribution >= 4 is 11.6 Å². The Balaban J connectivity index is 2.00. The van der Waals surface area contributed by atoms with Crippen LogP contribution in [-0.2, 0) is 4.79 Å². The maximum absolute atomic E-state index is 12.4. The Morgan fingerprint density at radius 3 is 2.80 bits per heavy atom. The average molecular weight is 276 g/mol. The molecule has 1 aromatic rings. The number of anilines is 1. The normalized spacial score (nSPS) is 22.0. The van der Waals surface area contributed by atoms with E-state index in [0.29, 0.717) is 0 Å². The van der Waals surface area contributed by atoms with Gasteiger partial charge in [-0.05, 0) is 38.4 Å². The topological polar surface area (TPSA) is 52.6 Å². The van der Waals surface area contributed by atoms with Gasteiger partial charge in [0.2, 0.25) is 5.91 Å². The van der Waals surface area contributed by atoms with E-state index in [4.69, 9.17) is 0 Å². The zero-order chi connectivity index (χ0) is 14.4. The lowest BCUT2D eigenvalue weighted by Crippen LogP contribution is -2.48. The van der Waals surface area contributed by atoms with Crippen molar-refractivity contribution < 1.29 is 9.90 Å². The van der Waals surface area contributed by atoms with Crippen LogP contribution >= 0.6 is 0 Å². The van der Waals surface area contributed by atoms with Crippen molar-refractivity contribution in [1.82, 2.24) is 4.90 Å². The van der Waals surface area contributed by atoms with Crippen LogP contribution < -0.4 is 5.32 Å². The molecule has 0 spiro atoms. The molecule has 2 unspecified atom stereocenters. The van der Waals surface area contributed by atoms with Gasteiger partial charge in [-0.1, -0.05) is 31.0 Å². The molecule has 2 rings (SSSR count). The largest absolute Gasteiger partial charge is 0.395 e. The van der Waals surface area contributed by atoms with E-state index in [-0.39, 0.29) is 24.6 Å². The standard InChI is InChI=1S/C16H24N2O2/c1-13(16(20)17-14-8-4-2-5-9-14)18-11-7-3-6-10-15(18)12-19/h2,4-5,8-9,13,15,19H,3,6-7,10-12H2,1H3,(H,17,20). The Hall–Kier alpha value is -1.39. The molecule has 0 aliphatic carbocycles. The zero-order valence-electron chi connectivity index (χ0n) is 12.1. The van der Waals surface area contributed by atoms with Crippen LogP contribution in [0.5, 0.6) is 0 Å².